The summed E-state index contributed by atoms with van der Waals surface area (Å²) in [6, 6.07) is 5.47. The Labute approximate surface area is 123 Å². The van der Waals surface area contributed by atoms with Crippen LogP contribution in [0.15, 0.2) is 24.4 Å². The van der Waals surface area contributed by atoms with Crippen LogP contribution >= 0.6 is 0 Å². The van der Waals surface area contributed by atoms with Crippen LogP contribution in [0.5, 0.6) is 11.6 Å². The lowest BCUT2D eigenvalue weighted by atomic mass is 10.1. The van der Waals surface area contributed by atoms with Gasteiger partial charge in [0.15, 0.2) is 0 Å². The normalized spacial score (nSPS) is 10.3. The van der Waals surface area contributed by atoms with Crippen molar-refractivity contribution < 1.29 is 14.3 Å². The van der Waals surface area contributed by atoms with Gasteiger partial charge in [0, 0.05) is 0 Å². The molecule has 2 rings (SSSR count). The summed E-state index contributed by atoms with van der Waals surface area (Å²) in [5.41, 5.74) is 9.42. The molecular weight excluding hydrogens is 268 g/mol. The van der Waals surface area contributed by atoms with E-state index >= 15 is 0 Å². The molecule has 0 bridgehead atoms. The minimum absolute atomic E-state index is 0.184. The fraction of sp³-hybridized carbons (Fsp3) is 0.250. The molecular formula is C16H18N2O3. The van der Waals surface area contributed by atoms with Crippen LogP contribution in [0.25, 0.3) is 0 Å². The summed E-state index contributed by atoms with van der Waals surface area (Å²) in [5.74, 6) is 0.311. The number of aryl methyl sites for hydroxylation is 2. The van der Waals surface area contributed by atoms with Crippen LogP contribution in [-0.2, 0) is 4.74 Å². The molecule has 0 atom stereocenters. The van der Waals surface area contributed by atoms with Gasteiger partial charge in [-0.2, -0.15) is 0 Å². The molecule has 2 N–H and O–H groups in total. The third kappa shape index (κ3) is 3.13. The Morgan fingerprint density at radius 3 is 2.57 bits per heavy atom. The molecule has 0 fully saturated rings. The third-order valence-electron chi connectivity index (χ3n) is 3.25. The van der Waals surface area contributed by atoms with Crippen molar-refractivity contribution in [3.05, 3.63) is 46.6 Å². The van der Waals surface area contributed by atoms with Gasteiger partial charge in [-0.3, -0.25) is 0 Å². The molecule has 2 aromatic rings. The summed E-state index contributed by atoms with van der Waals surface area (Å²) in [7, 11) is 1.30. The standard InChI is InChI=1S/C16H18N2O3/c1-9-5-10(2)11(3)14(6-9)21-15-13(16(19)20-4)7-12(17)8-18-15/h5-8H,17H2,1-4H3. The lowest BCUT2D eigenvalue weighted by molar-refractivity contribution is 0.0597. The van der Waals surface area contributed by atoms with Crippen molar-refractivity contribution >= 4 is 11.7 Å². The first-order chi connectivity index (χ1) is 9.92. The van der Waals surface area contributed by atoms with Crippen molar-refractivity contribution in [1.82, 2.24) is 4.98 Å². The molecule has 0 saturated heterocycles. The number of hydrogen-bond acceptors (Lipinski definition) is 5. The van der Waals surface area contributed by atoms with Gasteiger partial charge in [0.05, 0.1) is 19.0 Å². The van der Waals surface area contributed by atoms with E-state index < -0.39 is 5.97 Å². The molecule has 21 heavy (non-hydrogen) atoms. The number of anilines is 1. The molecule has 1 aromatic carbocycles. The van der Waals surface area contributed by atoms with Crippen LogP contribution in [0.1, 0.15) is 27.0 Å². The molecule has 5 heteroatoms. The summed E-state index contributed by atoms with van der Waals surface area (Å²) < 4.78 is 10.5. The Morgan fingerprint density at radius 2 is 1.90 bits per heavy atom. The average Bonchev–Trinajstić information content (AvgIpc) is 2.45. The maximum atomic E-state index is 11.8. The second-order valence-electron chi connectivity index (χ2n) is 4.92. The van der Waals surface area contributed by atoms with Crippen molar-refractivity contribution in [2.75, 3.05) is 12.8 Å². The van der Waals surface area contributed by atoms with Gasteiger partial charge in [-0.1, -0.05) is 6.07 Å². The van der Waals surface area contributed by atoms with Gasteiger partial charge in [0.2, 0.25) is 5.88 Å². The lowest BCUT2D eigenvalue weighted by Crippen LogP contribution is -2.07. The number of ether oxygens (including phenoxy) is 2. The quantitative estimate of drug-likeness (QED) is 0.877. The minimum atomic E-state index is -0.535. The fourth-order valence-corrected chi connectivity index (χ4v) is 2.02. The van der Waals surface area contributed by atoms with E-state index in [4.69, 9.17) is 15.2 Å². The van der Waals surface area contributed by atoms with Gasteiger partial charge < -0.3 is 15.2 Å². The largest absolute Gasteiger partial charge is 0.465 e. The molecule has 0 unspecified atom stereocenters. The van der Waals surface area contributed by atoms with E-state index in [-0.39, 0.29) is 11.4 Å². The third-order valence-corrected chi connectivity index (χ3v) is 3.25. The van der Waals surface area contributed by atoms with Gasteiger partial charge in [-0.15, -0.1) is 0 Å². The molecule has 0 aliphatic carbocycles. The molecule has 0 aliphatic rings. The van der Waals surface area contributed by atoms with E-state index in [1.54, 1.807) is 0 Å². The molecule has 110 valence electrons. The number of rotatable bonds is 3. The topological polar surface area (TPSA) is 74.4 Å². The summed E-state index contributed by atoms with van der Waals surface area (Å²) in [6.45, 7) is 5.95. The highest BCUT2D eigenvalue weighted by atomic mass is 16.5. The number of benzene rings is 1. The zero-order valence-electron chi connectivity index (χ0n) is 12.6. The van der Waals surface area contributed by atoms with Crippen LogP contribution in [-0.4, -0.2) is 18.1 Å². The van der Waals surface area contributed by atoms with E-state index in [2.05, 4.69) is 11.1 Å². The van der Waals surface area contributed by atoms with E-state index in [9.17, 15) is 4.79 Å². The van der Waals surface area contributed by atoms with Gasteiger partial charge in [0.1, 0.15) is 11.3 Å². The Kier molecular flexibility index (Phi) is 4.12. The summed E-state index contributed by atoms with van der Waals surface area (Å²) in [4.78, 5) is 15.9. The number of esters is 1. The maximum Gasteiger partial charge on any atom is 0.343 e. The molecule has 0 spiro atoms. The van der Waals surface area contributed by atoms with Crippen LogP contribution in [0, 0.1) is 20.8 Å². The van der Waals surface area contributed by atoms with Crippen LogP contribution in [0.2, 0.25) is 0 Å². The highest BCUT2D eigenvalue weighted by Crippen LogP contribution is 2.30. The predicted molar refractivity (Wildman–Crippen MR) is 80.7 cm³/mol. The summed E-state index contributed by atoms with van der Waals surface area (Å²) in [5, 5.41) is 0. The van der Waals surface area contributed by atoms with Gasteiger partial charge in [-0.05, 0) is 49.6 Å². The first kappa shape index (κ1) is 14.8. The number of aromatic nitrogens is 1. The van der Waals surface area contributed by atoms with Crippen LogP contribution < -0.4 is 10.5 Å². The minimum Gasteiger partial charge on any atom is -0.465 e. The number of pyridine rings is 1. The number of hydrogen-bond donors (Lipinski definition) is 1. The first-order valence-corrected chi connectivity index (χ1v) is 6.52. The van der Waals surface area contributed by atoms with Gasteiger partial charge in [0.25, 0.3) is 0 Å². The van der Waals surface area contributed by atoms with E-state index in [1.165, 1.54) is 19.4 Å². The Bertz CT molecular complexity index is 696. The Balaban J connectivity index is 2.47. The predicted octanol–water partition coefficient (Wildman–Crippen LogP) is 3.17. The average molecular weight is 286 g/mol. The SMILES string of the molecule is COC(=O)c1cc(N)cnc1Oc1cc(C)cc(C)c1C. The highest BCUT2D eigenvalue weighted by Gasteiger charge is 2.17. The van der Waals surface area contributed by atoms with E-state index in [1.807, 2.05) is 26.8 Å². The highest BCUT2D eigenvalue weighted by molar-refractivity contribution is 5.92. The molecule has 1 heterocycles. The number of nitrogens with zero attached hydrogens (tertiary/aromatic N) is 1. The van der Waals surface area contributed by atoms with Crippen molar-refractivity contribution in [2.24, 2.45) is 0 Å². The number of carbonyl (C=O) groups is 1. The molecule has 1 aromatic heterocycles. The number of methoxy groups -OCH3 is 1. The summed E-state index contributed by atoms with van der Waals surface area (Å²) in [6.07, 6.45) is 1.44. The zero-order chi connectivity index (χ0) is 15.6. The van der Waals surface area contributed by atoms with E-state index in [0.717, 1.165) is 16.7 Å². The Hall–Kier alpha value is -2.56. The maximum absolute atomic E-state index is 11.8. The monoisotopic (exact) mass is 286 g/mol. The first-order valence-electron chi connectivity index (χ1n) is 6.52. The van der Waals surface area contributed by atoms with Crippen LogP contribution in [0.3, 0.4) is 0 Å². The molecule has 0 saturated carbocycles. The molecule has 5 nitrogen and oxygen atoms in total. The van der Waals surface area contributed by atoms with Crippen molar-refractivity contribution in [3.8, 4) is 11.6 Å². The van der Waals surface area contributed by atoms with Crippen LogP contribution in [0.4, 0.5) is 5.69 Å². The smallest absolute Gasteiger partial charge is 0.343 e. The van der Waals surface area contributed by atoms with Crippen molar-refractivity contribution in [2.45, 2.75) is 20.8 Å². The fourth-order valence-electron chi connectivity index (χ4n) is 2.02. The summed E-state index contributed by atoms with van der Waals surface area (Å²) >= 11 is 0. The lowest BCUT2D eigenvalue weighted by Gasteiger charge is -2.13. The van der Waals surface area contributed by atoms with Crippen molar-refractivity contribution in [1.29, 1.82) is 0 Å². The van der Waals surface area contributed by atoms with E-state index in [0.29, 0.717) is 11.4 Å². The van der Waals surface area contributed by atoms with Crippen molar-refractivity contribution in [3.63, 3.8) is 0 Å². The number of carbonyl (C=O) groups excluding carboxylic acids is 1. The molecule has 0 amide bonds. The second-order valence-corrected chi connectivity index (χ2v) is 4.92. The van der Waals surface area contributed by atoms with Gasteiger partial charge in [-0.25, -0.2) is 9.78 Å². The second kappa shape index (κ2) is 5.83. The Morgan fingerprint density at radius 1 is 1.19 bits per heavy atom. The van der Waals surface area contributed by atoms with Gasteiger partial charge >= 0.3 is 5.97 Å². The zero-order valence-corrected chi connectivity index (χ0v) is 12.6. The molecule has 0 aliphatic heterocycles. The number of nitrogen functional groups attached to an aromatic ring is 1. The number of nitrogens with two attached hydrogens (primary N) is 1. The molecule has 0 radical (unpaired) electrons.